The number of rotatable bonds is 5. The average molecular weight is 267 g/mol. The summed E-state index contributed by atoms with van der Waals surface area (Å²) in [6.07, 6.45) is 8.65. The van der Waals surface area contributed by atoms with Gasteiger partial charge in [0.25, 0.3) is 0 Å². The lowest BCUT2D eigenvalue weighted by Gasteiger charge is -2.35. The van der Waals surface area contributed by atoms with Crippen LogP contribution in [0.25, 0.3) is 0 Å². The summed E-state index contributed by atoms with van der Waals surface area (Å²) in [6, 6.07) is 1.12. The van der Waals surface area contributed by atoms with E-state index in [2.05, 4.69) is 29.0 Å². The fourth-order valence-electron chi connectivity index (χ4n) is 2.64. The van der Waals surface area contributed by atoms with Gasteiger partial charge in [0.1, 0.15) is 0 Å². The quantitative estimate of drug-likeness (QED) is 0.884. The summed E-state index contributed by atoms with van der Waals surface area (Å²) in [5, 5.41) is 4.51. The number of nitrogens with one attached hydrogen (secondary N) is 1. The predicted molar refractivity (Wildman–Crippen MR) is 79.5 cm³/mol. The lowest BCUT2D eigenvalue weighted by Crippen LogP contribution is -2.39. The molecule has 0 radical (unpaired) electrons. The molecule has 1 fully saturated rings. The van der Waals surface area contributed by atoms with Gasteiger partial charge in [-0.05, 0) is 39.7 Å². The van der Waals surface area contributed by atoms with Gasteiger partial charge in [-0.2, -0.15) is 0 Å². The molecule has 3 nitrogen and oxygen atoms in total. The number of anilines is 1. The molecule has 1 aromatic rings. The molecule has 0 spiro atoms. The van der Waals surface area contributed by atoms with Crippen LogP contribution >= 0.6 is 11.3 Å². The van der Waals surface area contributed by atoms with Crippen molar-refractivity contribution in [1.29, 1.82) is 0 Å². The van der Waals surface area contributed by atoms with Gasteiger partial charge in [-0.15, -0.1) is 11.3 Å². The highest BCUT2D eigenvalue weighted by atomic mass is 32.1. The minimum absolute atomic E-state index is 0.408. The maximum atomic E-state index is 4.65. The lowest BCUT2D eigenvalue weighted by atomic mass is 9.99. The molecule has 1 N–H and O–H groups in total. The second kappa shape index (κ2) is 6.53. The molecule has 1 saturated heterocycles. The van der Waals surface area contributed by atoms with E-state index in [0.29, 0.717) is 12.1 Å². The molecule has 0 saturated carbocycles. The molecule has 1 aliphatic heterocycles. The Hall–Kier alpha value is -0.610. The van der Waals surface area contributed by atoms with Gasteiger partial charge < -0.3 is 10.2 Å². The van der Waals surface area contributed by atoms with Gasteiger partial charge in [-0.25, -0.2) is 4.98 Å². The first kappa shape index (κ1) is 13.8. The van der Waals surface area contributed by atoms with E-state index in [4.69, 9.17) is 0 Å². The molecule has 1 aromatic heterocycles. The van der Waals surface area contributed by atoms with E-state index < -0.39 is 0 Å². The highest BCUT2D eigenvalue weighted by molar-refractivity contribution is 7.15. The van der Waals surface area contributed by atoms with E-state index >= 15 is 0 Å². The van der Waals surface area contributed by atoms with Crippen molar-refractivity contribution < 1.29 is 0 Å². The standard InChI is InChI=1S/C14H25N3S/c1-4-7-12-8-5-6-9-17(12)14-16-10-13(18-14)11(2)15-3/h10-12,15H,4-9H2,1-3H3. The number of thiazole rings is 1. The smallest absolute Gasteiger partial charge is 0.185 e. The number of piperidine rings is 1. The largest absolute Gasteiger partial charge is 0.345 e. The van der Waals surface area contributed by atoms with E-state index in [1.165, 1.54) is 48.7 Å². The molecule has 2 unspecified atom stereocenters. The average Bonchev–Trinajstić information content (AvgIpc) is 2.88. The minimum atomic E-state index is 0.408. The molecule has 0 aromatic carbocycles. The zero-order valence-corrected chi connectivity index (χ0v) is 12.6. The van der Waals surface area contributed by atoms with Crippen molar-refractivity contribution in [2.24, 2.45) is 0 Å². The SMILES string of the molecule is CCCC1CCCCN1c1ncc(C(C)NC)s1. The molecule has 102 valence electrons. The molecular formula is C14H25N3S. The zero-order chi connectivity index (χ0) is 13.0. The summed E-state index contributed by atoms with van der Waals surface area (Å²) in [5.74, 6) is 0. The van der Waals surface area contributed by atoms with Gasteiger partial charge in [-0.3, -0.25) is 0 Å². The van der Waals surface area contributed by atoms with Crippen molar-refractivity contribution in [3.8, 4) is 0 Å². The number of hydrogen-bond donors (Lipinski definition) is 1. The van der Waals surface area contributed by atoms with Crippen LogP contribution in [0.2, 0.25) is 0 Å². The second-order valence-corrected chi connectivity index (χ2v) is 6.23. The van der Waals surface area contributed by atoms with E-state index in [9.17, 15) is 0 Å². The number of nitrogens with zero attached hydrogens (tertiary/aromatic N) is 2. The van der Waals surface area contributed by atoms with Crippen LogP contribution in [0, 0.1) is 0 Å². The number of hydrogen-bond acceptors (Lipinski definition) is 4. The predicted octanol–water partition coefficient (Wildman–Crippen LogP) is 3.58. The van der Waals surface area contributed by atoms with E-state index in [-0.39, 0.29) is 0 Å². The van der Waals surface area contributed by atoms with Crippen LogP contribution < -0.4 is 10.2 Å². The highest BCUT2D eigenvalue weighted by Crippen LogP contribution is 2.32. The van der Waals surface area contributed by atoms with Gasteiger partial charge in [0, 0.05) is 29.7 Å². The molecule has 1 aliphatic rings. The summed E-state index contributed by atoms with van der Waals surface area (Å²) in [4.78, 5) is 8.53. The van der Waals surface area contributed by atoms with Gasteiger partial charge >= 0.3 is 0 Å². The lowest BCUT2D eigenvalue weighted by molar-refractivity contribution is 0.434. The fraction of sp³-hybridized carbons (Fsp3) is 0.786. The summed E-state index contributed by atoms with van der Waals surface area (Å²) in [6.45, 7) is 5.66. The van der Waals surface area contributed by atoms with Crippen molar-refractivity contribution in [1.82, 2.24) is 10.3 Å². The molecule has 0 bridgehead atoms. The summed E-state index contributed by atoms with van der Waals surface area (Å²) < 4.78 is 0. The Morgan fingerprint density at radius 1 is 1.56 bits per heavy atom. The second-order valence-electron chi connectivity index (χ2n) is 5.19. The third-order valence-corrected chi connectivity index (χ3v) is 5.08. The van der Waals surface area contributed by atoms with Crippen molar-refractivity contribution in [2.45, 2.75) is 58.0 Å². The molecule has 4 heteroatoms. The first-order valence-corrected chi connectivity index (χ1v) is 7.97. The fourth-order valence-corrected chi connectivity index (χ4v) is 3.71. The molecule has 2 rings (SSSR count). The monoisotopic (exact) mass is 267 g/mol. The Morgan fingerprint density at radius 2 is 2.39 bits per heavy atom. The molecule has 2 heterocycles. The van der Waals surface area contributed by atoms with Crippen LogP contribution in [0.15, 0.2) is 6.20 Å². The molecule has 0 amide bonds. The Balaban J connectivity index is 2.10. The van der Waals surface area contributed by atoms with Gasteiger partial charge in [0.2, 0.25) is 0 Å². The maximum Gasteiger partial charge on any atom is 0.185 e. The van der Waals surface area contributed by atoms with E-state index in [1.54, 1.807) is 0 Å². The third-order valence-electron chi connectivity index (χ3n) is 3.87. The Morgan fingerprint density at radius 3 is 3.11 bits per heavy atom. The third kappa shape index (κ3) is 3.04. The molecule has 0 aliphatic carbocycles. The van der Waals surface area contributed by atoms with Crippen LogP contribution in [-0.4, -0.2) is 24.6 Å². The van der Waals surface area contributed by atoms with Crippen molar-refractivity contribution >= 4 is 16.5 Å². The van der Waals surface area contributed by atoms with E-state index in [0.717, 1.165) is 0 Å². The van der Waals surface area contributed by atoms with Crippen molar-refractivity contribution in [2.75, 3.05) is 18.5 Å². The van der Waals surface area contributed by atoms with Crippen LogP contribution in [0.4, 0.5) is 5.13 Å². The van der Waals surface area contributed by atoms with Crippen LogP contribution in [0.3, 0.4) is 0 Å². The van der Waals surface area contributed by atoms with Gasteiger partial charge in [-0.1, -0.05) is 13.3 Å². The van der Waals surface area contributed by atoms with Crippen molar-refractivity contribution in [3.63, 3.8) is 0 Å². The summed E-state index contributed by atoms with van der Waals surface area (Å²) >= 11 is 1.85. The normalized spacial score (nSPS) is 22.2. The number of aromatic nitrogens is 1. The zero-order valence-electron chi connectivity index (χ0n) is 11.8. The van der Waals surface area contributed by atoms with Crippen LogP contribution in [0.5, 0.6) is 0 Å². The Labute approximate surface area is 115 Å². The van der Waals surface area contributed by atoms with Crippen LogP contribution in [-0.2, 0) is 0 Å². The Kier molecular flexibility index (Phi) is 5.01. The maximum absolute atomic E-state index is 4.65. The molecular weight excluding hydrogens is 242 g/mol. The van der Waals surface area contributed by atoms with Crippen LogP contribution in [0.1, 0.15) is 56.9 Å². The highest BCUT2D eigenvalue weighted by Gasteiger charge is 2.24. The Bertz CT molecular complexity index is 362. The minimum Gasteiger partial charge on any atom is -0.345 e. The van der Waals surface area contributed by atoms with Gasteiger partial charge in [0.15, 0.2) is 5.13 Å². The molecule has 18 heavy (non-hydrogen) atoms. The topological polar surface area (TPSA) is 28.2 Å². The first-order valence-electron chi connectivity index (χ1n) is 7.16. The summed E-state index contributed by atoms with van der Waals surface area (Å²) in [5.41, 5.74) is 0. The summed E-state index contributed by atoms with van der Waals surface area (Å²) in [7, 11) is 2.00. The van der Waals surface area contributed by atoms with E-state index in [1.807, 2.05) is 24.6 Å². The first-order chi connectivity index (χ1) is 8.76. The van der Waals surface area contributed by atoms with Crippen molar-refractivity contribution in [3.05, 3.63) is 11.1 Å². The van der Waals surface area contributed by atoms with Gasteiger partial charge in [0.05, 0.1) is 0 Å². The molecule has 2 atom stereocenters.